The van der Waals surface area contributed by atoms with Gasteiger partial charge in [-0.1, -0.05) is 17.3 Å². The fraction of sp³-hybridized carbons (Fsp3) is 0.222. The maximum Gasteiger partial charge on any atom is 0.352 e. The number of aromatic hydroxyl groups is 1. The number of carbonyl (C=O) groups is 1. The Labute approximate surface area is 98.9 Å². The zero-order valence-corrected chi connectivity index (χ0v) is 10.1. The fourth-order valence-corrected chi connectivity index (χ4v) is 2.35. The van der Waals surface area contributed by atoms with Gasteiger partial charge in [0.15, 0.2) is 15.7 Å². The highest BCUT2D eigenvalue weighted by molar-refractivity contribution is 9.10. The van der Waals surface area contributed by atoms with Crippen LogP contribution in [0, 0.1) is 12.3 Å². The summed E-state index contributed by atoms with van der Waals surface area (Å²) in [6.07, 6.45) is 5.02. The van der Waals surface area contributed by atoms with Crippen LogP contribution in [0.3, 0.4) is 0 Å². The number of carbonyl (C=O) groups excluding carboxylic acids is 1. The maximum absolute atomic E-state index is 11.2. The highest BCUT2D eigenvalue weighted by atomic mass is 79.9. The van der Waals surface area contributed by atoms with Gasteiger partial charge in [-0.05, 0) is 15.9 Å². The van der Waals surface area contributed by atoms with Crippen molar-refractivity contribution in [1.29, 1.82) is 0 Å². The maximum atomic E-state index is 11.2. The molecule has 0 bridgehead atoms. The Morgan fingerprint density at radius 2 is 2.40 bits per heavy atom. The third kappa shape index (κ3) is 2.43. The van der Waals surface area contributed by atoms with Crippen LogP contribution >= 0.6 is 27.3 Å². The lowest BCUT2D eigenvalue weighted by Crippen LogP contribution is -1.97. The van der Waals surface area contributed by atoms with Gasteiger partial charge in [0.25, 0.3) is 0 Å². The standard InChI is InChI=1S/C9H7BrO4S/c1-3-4-14-9-5(10)6(11)7(15-9)8(12)13-2/h1,11H,4H2,2H3. The van der Waals surface area contributed by atoms with E-state index in [1.807, 2.05) is 0 Å². The molecular weight excluding hydrogens is 284 g/mol. The summed E-state index contributed by atoms with van der Waals surface area (Å²) in [6, 6.07) is 0. The van der Waals surface area contributed by atoms with E-state index in [2.05, 4.69) is 26.6 Å². The number of esters is 1. The monoisotopic (exact) mass is 290 g/mol. The lowest BCUT2D eigenvalue weighted by Gasteiger charge is -1.96. The lowest BCUT2D eigenvalue weighted by atomic mass is 10.4. The molecule has 0 fully saturated rings. The van der Waals surface area contributed by atoms with Crippen LogP contribution in [0.25, 0.3) is 0 Å². The van der Waals surface area contributed by atoms with Gasteiger partial charge in [-0.2, -0.15) is 0 Å². The van der Waals surface area contributed by atoms with Gasteiger partial charge in [-0.3, -0.25) is 0 Å². The molecule has 0 radical (unpaired) electrons. The van der Waals surface area contributed by atoms with E-state index >= 15 is 0 Å². The van der Waals surface area contributed by atoms with E-state index in [-0.39, 0.29) is 17.2 Å². The van der Waals surface area contributed by atoms with E-state index in [1.54, 1.807) is 0 Å². The Balaban J connectivity index is 3.02. The van der Waals surface area contributed by atoms with Gasteiger partial charge < -0.3 is 14.6 Å². The first-order valence-electron chi connectivity index (χ1n) is 3.77. The number of hydrogen-bond donors (Lipinski definition) is 1. The Morgan fingerprint density at radius 1 is 1.73 bits per heavy atom. The smallest absolute Gasteiger partial charge is 0.352 e. The van der Waals surface area contributed by atoms with Gasteiger partial charge in [0.2, 0.25) is 0 Å². The van der Waals surface area contributed by atoms with Crippen molar-refractivity contribution in [2.45, 2.75) is 0 Å². The molecule has 0 atom stereocenters. The molecule has 4 nitrogen and oxygen atoms in total. The molecule has 0 spiro atoms. The molecule has 0 unspecified atom stereocenters. The molecule has 80 valence electrons. The summed E-state index contributed by atoms with van der Waals surface area (Å²) < 4.78 is 9.90. The van der Waals surface area contributed by atoms with Gasteiger partial charge >= 0.3 is 5.97 Å². The minimum Gasteiger partial charge on any atom is -0.505 e. The van der Waals surface area contributed by atoms with Crippen LogP contribution in [0.4, 0.5) is 0 Å². The van der Waals surface area contributed by atoms with Crippen molar-refractivity contribution >= 4 is 33.2 Å². The average Bonchev–Trinajstić information content (AvgIpc) is 2.53. The normalized spacial score (nSPS) is 9.40. The Morgan fingerprint density at radius 3 is 2.93 bits per heavy atom. The second-order valence-corrected chi connectivity index (χ2v) is 4.14. The molecule has 0 saturated heterocycles. The predicted octanol–water partition coefficient (Wildman–Crippen LogP) is 2.01. The molecule has 6 heteroatoms. The highest BCUT2D eigenvalue weighted by Crippen LogP contribution is 2.44. The van der Waals surface area contributed by atoms with Gasteiger partial charge in [0.05, 0.1) is 7.11 Å². The predicted molar refractivity (Wildman–Crippen MR) is 59.4 cm³/mol. The lowest BCUT2D eigenvalue weighted by molar-refractivity contribution is 0.0603. The molecule has 0 aliphatic heterocycles. The number of methoxy groups -OCH3 is 1. The summed E-state index contributed by atoms with van der Waals surface area (Å²) in [4.78, 5) is 11.3. The number of terminal acetylenes is 1. The SMILES string of the molecule is C#CCOc1sc(C(=O)OC)c(O)c1Br. The summed E-state index contributed by atoms with van der Waals surface area (Å²) in [5, 5.41) is 9.90. The third-order valence-electron chi connectivity index (χ3n) is 1.45. The van der Waals surface area contributed by atoms with Crippen LogP contribution < -0.4 is 4.74 Å². The molecule has 0 aliphatic carbocycles. The molecule has 0 aliphatic rings. The largest absolute Gasteiger partial charge is 0.505 e. The first-order chi connectivity index (χ1) is 7.11. The number of thiophene rings is 1. The van der Waals surface area contributed by atoms with Crippen LogP contribution in [0.5, 0.6) is 10.8 Å². The summed E-state index contributed by atoms with van der Waals surface area (Å²) in [5.41, 5.74) is 0. The number of rotatable bonds is 3. The van der Waals surface area contributed by atoms with Gasteiger partial charge in [0.1, 0.15) is 11.1 Å². The van der Waals surface area contributed by atoms with E-state index in [0.717, 1.165) is 11.3 Å². The van der Waals surface area contributed by atoms with Gasteiger partial charge in [-0.15, -0.1) is 6.42 Å². The first-order valence-corrected chi connectivity index (χ1v) is 5.38. The Bertz CT molecular complexity index is 418. The van der Waals surface area contributed by atoms with E-state index in [1.165, 1.54) is 7.11 Å². The first kappa shape index (κ1) is 11.9. The molecule has 15 heavy (non-hydrogen) atoms. The quantitative estimate of drug-likeness (QED) is 0.683. The van der Waals surface area contributed by atoms with Crippen molar-refractivity contribution in [3.05, 3.63) is 9.35 Å². The Hall–Kier alpha value is -1.19. The highest BCUT2D eigenvalue weighted by Gasteiger charge is 2.22. The molecule has 0 saturated carbocycles. The molecule has 1 aromatic rings. The molecule has 0 aromatic carbocycles. The number of halogens is 1. The van der Waals surface area contributed by atoms with Crippen LogP contribution in [0.2, 0.25) is 0 Å². The van der Waals surface area contributed by atoms with Crippen molar-refractivity contribution in [3.63, 3.8) is 0 Å². The minimum absolute atomic E-state index is 0.0686. The average molecular weight is 291 g/mol. The van der Waals surface area contributed by atoms with Gasteiger partial charge in [0, 0.05) is 0 Å². The fourth-order valence-electron chi connectivity index (χ4n) is 0.813. The molecule has 1 rings (SSSR count). The number of ether oxygens (including phenoxy) is 2. The molecule has 1 heterocycles. The van der Waals surface area contributed by atoms with E-state index in [0.29, 0.717) is 9.54 Å². The summed E-state index contributed by atoms with van der Waals surface area (Å²) in [6.45, 7) is 0.0686. The summed E-state index contributed by atoms with van der Waals surface area (Å²) in [5.74, 6) is 1.47. The van der Waals surface area contributed by atoms with E-state index in [9.17, 15) is 9.90 Å². The molecule has 1 N–H and O–H groups in total. The van der Waals surface area contributed by atoms with Crippen molar-refractivity contribution in [2.24, 2.45) is 0 Å². The zero-order valence-electron chi connectivity index (χ0n) is 7.74. The molecule has 1 aromatic heterocycles. The zero-order chi connectivity index (χ0) is 11.4. The van der Waals surface area contributed by atoms with Crippen LogP contribution in [0.1, 0.15) is 9.67 Å². The Kier molecular flexibility index (Phi) is 4.00. The summed E-state index contributed by atoms with van der Waals surface area (Å²) >= 11 is 4.06. The molecule has 0 amide bonds. The van der Waals surface area contributed by atoms with Crippen LogP contribution in [-0.4, -0.2) is 24.8 Å². The number of hydrogen-bond acceptors (Lipinski definition) is 5. The third-order valence-corrected chi connectivity index (χ3v) is 3.52. The topological polar surface area (TPSA) is 55.8 Å². The van der Waals surface area contributed by atoms with E-state index < -0.39 is 5.97 Å². The summed E-state index contributed by atoms with van der Waals surface area (Å²) in [7, 11) is 1.23. The minimum atomic E-state index is -0.617. The van der Waals surface area contributed by atoms with Crippen LogP contribution in [0.15, 0.2) is 4.47 Å². The van der Waals surface area contributed by atoms with Crippen molar-refractivity contribution < 1.29 is 19.4 Å². The van der Waals surface area contributed by atoms with Gasteiger partial charge in [-0.25, -0.2) is 4.79 Å². The second-order valence-electron chi connectivity index (χ2n) is 2.37. The van der Waals surface area contributed by atoms with Crippen molar-refractivity contribution in [2.75, 3.05) is 13.7 Å². The second kappa shape index (κ2) is 5.05. The van der Waals surface area contributed by atoms with Crippen LogP contribution in [-0.2, 0) is 4.74 Å². The van der Waals surface area contributed by atoms with Crippen molar-refractivity contribution in [3.8, 4) is 23.2 Å². The van der Waals surface area contributed by atoms with E-state index in [4.69, 9.17) is 11.2 Å². The van der Waals surface area contributed by atoms with Crippen molar-refractivity contribution in [1.82, 2.24) is 0 Å². The molecular formula is C9H7BrO4S.